The molecule has 0 atom stereocenters. The minimum atomic E-state index is -3.61. The summed E-state index contributed by atoms with van der Waals surface area (Å²) in [6.45, 7) is 0.636. The number of anilines is 1. The van der Waals surface area contributed by atoms with Gasteiger partial charge < -0.3 is 5.32 Å². The molecule has 0 spiro atoms. The molecule has 0 radical (unpaired) electrons. The number of nitrogens with one attached hydrogen (secondary N) is 1. The Morgan fingerprint density at radius 3 is 2.60 bits per heavy atom. The van der Waals surface area contributed by atoms with Gasteiger partial charge in [0.1, 0.15) is 12.4 Å². The van der Waals surface area contributed by atoms with Crippen molar-refractivity contribution in [1.29, 1.82) is 0 Å². The van der Waals surface area contributed by atoms with Crippen LogP contribution in [0.4, 0.5) is 10.1 Å². The van der Waals surface area contributed by atoms with Gasteiger partial charge in [-0.2, -0.15) is 4.31 Å². The summed E-state index contributed by atoms with van der Waals surface area (Å²) in [5, 5.41) is 2.61. The van der Waals surface area contributed by atoms with Gasteiger partial charge in [-0.3, -0.25) is 14.2 Å². The van der Waals surface area contributed by atoms with Crippen LogP contribution in [0.15, 0.2) is 46.1 Å². The van der Waals surface area contributed by atoms with Crippen molar-refractivity contribution < 1.29 is 17.6 Å². The summed E-state index contributed by atoms with van der Waals surface area (Å²) in [6.07, 6.45) is 1.66. The number of hydrogen-bond donors (Lipinski definition) is 1. The minimum absolute atomic E-state index is 0.0454. The summed E-state index contributed by atoms with van der Waals surface area (Å²) in [6, 6.07) is 8.27. The van der Waals surface area contributed by atoms with E-state index in [4.69, 9.17) is 11.6 Å². The van der Waals surface area contributed by atoms with Crippen molar-refractivity contribution in [3.8, 4) is 0 Å². The SMILES string of the molecule is O=C(Cn1c(=O)sc2cc(S(=O)(=O)N3CCCC3)ccc21)Nc1ccc(Cl)cc1F. The van der Waals surface area contributed by atoms with Crippen molar-refractivity contribution in [3.63, 3.8) is 0 Å². The number of carbonyl (C=O) groups is 1. The third-order valence-electron chi connectivity index (χ3n) is 4.85. The van der Waals surface area contributed by atoms with E-state index in [1.54, 1.807) is 0 Å². The summed E-state index contributed by atoms with van der Waals surface area (Å²) in [5.41, 5.74) is 0.396. The third kappa shape index (κ3) is 4.00. The Hall–Kier alpha value is -2.27. The lowest BCUT2D eigenvalue weighted by molar-refractivity contribution is -0.116. The highest BCUT2D eigenvalue weighted by Crippen LogP contribution is 2.26. The molecule has 0 saturated carbocycles. The van der Waals surface area contributed by atoms with E-state index in [2.05, 4.69) is 5.32 Å². The fraction of sp³-hybridized carbons (Fsp3) is 0.263. The van der Waals surface area contributed by atoms with Crippen LogP contribution in [-0.4, -0.2) is 36.3 Å². The molecule has 1 N–H and O–H groups in total. The van der Waals surface area contributed by atoms with Crippen LogP contribution in [0.3, 0.4) is 0 Å². The average molecular weight is 470 g/mol. The number of fused-ring (bicyclic) bond motifs is 1. The van der Waals surface area contributed by atoms with Crippen LogP contribution in [-0.2, 0) is 21.4 Å². The number of rotatable bonds is 5. The van der Waals surface area contributed by atoms with Crippen LogP contribution < -0.4 is 10.2 Å². The van der Waals surface area contributed by atoms with E-state index < -0.39 is 26.6 Å². The predicted octanol–water partition coefficient (Wildman–Crippen LogP) is 3.28. The molecule has 30 heavy (non-hydrogen) atoms. The Kier molecular flexibility index (Phi) is 5.67. The molecule has 2 aromatic carbocycles. The molecule has 0 bridgehead atoms. The number of aromatic nitrogens is 1. The van der Waals surface area contributed by atoms with Gasteiger partial charge in [0, 0.05) is 18.1 Å². The summed E-state index contributed by atoms with van der Waals surface area (Å²) >= 11 is 6.56. The van der Waals surface area contributed by atoms with Gasteiger partial charge >= 0.3 is 4.87 Å². The van der Waals surface area contributed by atoms with Gasteiger partial charge in [0.05, 0.1) is 20.8 Å². The standard InChI is InChI=1S/C19H17ClFN3O4S2/c20-12-3-5-15(14(21)9-12)22-18(25)11-24-16-6-4-13(10-17(16)29-19(24)26)30(27,28)23-7-1-2-8-23/h3-6,9-10H,1-2,7-8,11H2,(H,22,25). The summed E-state index contributed by atoms with van der Waals surface area (Å²) in [5.74, 6) is -1.28. The largest absolute Gasteiger partial charge is 0.322 e. The first-order valence-corrected chi connectivity index (χ1v) is 11.8. The van der Waals surface area contributed by atoms with E-state index in [0.29, 0.717) is 23.3 Å². The highest BCUT2D eigenvalue weighted by Gasteiger charge is 2.27. The maximum Gasteiger partial charge on any atom is 0.308 e. The van der Waals surface area contributed by atoms with Crippen molar-refractivity contribution >= 4 is 54.8 Å². The Bertz CT molecular complexity index is 1300. The Balaban J connectivity index is 1.60. The quantitative estimate of drug-likeness (QED) is 0.621. The smallest absolute Gasteiger partial charge is 0.308 e. The first-order valence-electron chi connectivity index (χ1n) is 9.14. The van der Waals surface area contributed by atoms with Crippen molar-refractivity contribution in [2.45, 2.75) is 24.3 Å². The van der Waals surface area contributed by atoms with Gasteiger partial charge in [-0.05, 0) is 49.2 Å². The topological polar surface area (TPSA) is 88.5 Å². The van der Waals surface area contributed by atoms with Gasteiger partial charge in [-0.15, -0.1) is 0 Å². The molecule has 1 amide bonds. The Morgan fingerprint density at radius 1 is 1.17 bits per heavy atom. The molecule has 158 valence electrons. The lowest BCUT2D eigenvalue weighted by Gasteiger charge is -2.15. The fourth-order valence-electron chi connectivity index (χ4n) is 3.36. The maximum atomic E-state index is 13.9. The number of benzene rings is 2. The number of halogens is 2. The number of hydrogen-bond acceptors (Lipinski definition) is 5. The van der Waals surface area contributed by atoms with Gasteiger partial charge in [0.2, 0.25) is 15.9 Å². The second kappa shape index (κ2) is 8.10. The highest BCUT2D eigenvalue weighted by molar-refractivity contribution is 7.89. The zero-order chi connectivity index (χ0) is 21.5. The monoisotopic (exact) mass is 469 g/mol. The predicted molar refractivity (Wildman–Crippen MR) is 114 cm³/mol. The van der Waals surface area contributed by atoms with E-state index >= 15 is 0 Å². The van der Waals surface area contributed by atoms with E-state index in [9.17, 15) is 22.4 Å². The molecule has 1 fully saturated rings. The second-order valence-electron chi connectivity index (χ2n) is 6.87. The van der Waals surface area contributed by atoms with E-state index in [1.165, 1.54) is 39.2 Å². The van der Waals surface area contributed by atoms with Crippen molar-refractivity contribution in [1.82, 2.24) is 8.87 Å². The molecule has 7 nitrogen and oxygen atoms in total. The van der Waals surface area contributed by atoms with Crippen LogP contribution in [0, 0.1) is 5.82 Å². The number of amides is 1. The molecule has 0 unspecified atom stereocenters. The zero-order valence-corrected chi connectivity index (χ0v) is 18.0. The fourth-order valence-corrected chi connectivity index (χ4v) is 6.07. The number of sulfonamides is 1. The van der Waals surface area contributed by atoms with Gasteiger partial charge in [-0.1, -0.05) is 22.9 Å². The molecule has 1 aliphatic heterocycles. The van der Waals surface area contributed by atoms with Gasteiger partial charge in [0.25, 0.3) is 0 Å². The van der Waals surface area contributed by atoms with E-state index in [1.807, 2.05) is 0 Å². The van der Waals surface area contributed by atoms with Crippen LogP contribution >= 0.6 is 22.9 Å². The molecule has 11 heteroatoms. The zero-order valence-electron chi connectivity index (χ0n) is 15.6. The number of nitrogens with zero attached hydrogens (tertiary/aromatic N) is 2. The van der Waals surface area contributed by atoms with Crippen molar-refractivity contribution in [3.05, 3.63) is 56.9 Å². The molecule has 4 rings (SSSR count). The lowest BCUT2D eigenvalue weighted by atomic mass is 10.3. The summed E-state index contributed by atoms with van der Waals surface area (Å²) in [4.78, 5) is 24.5. The molecule has 0 aliphatic carbocycles. The van der Waals surface area contributed by atoms with Crippen LogP contribution in [0.1, 0.15) is 12.8 Å². The molecule has 2 heterocycles. The van der Waals surface area contributed by atoms with Crippen molar-refractivity contribution in [2.24, 2.45) is 0 Å². The van der Waals surface area contributed by atoms with Gasteiger partial charge in [-0.25, -0.2) is 12.8 Å². The number of carbonyl (C=O) groups excluding carboxylic acids is 1. The van der Waals surface area contributed by atoms with Crippen LogP contribution in [0.25, 0.3) is 10.2 Å². The normalized spacial score (nSPS) is 15.0. The average Bonchev–Trinajstić information content (AvgIpc) is 3.33. The number of thiazole rings is 1. The second-order valence-corrected chi connectivity index (χ2v) is 10.2. The van der Waals surface area contributed by atoms with E-state index in [0.717, 1.165) is 30.2 Å². The van der Waals surface area contributed by atoms with Crippen LogP contribution in [0.5, 0.6) is 0 Å². The van der Waals surface area contributed by atoms with Crippen LogP contribution in [0.2, 0.25) is 5.02 Å². The minimum Gasteiger partial charge on any atom is -0.322 e. The molecular weight excluding hydrogens is 453 g/mol. The lowest BCUT2D eigenvalue weighted by Crippen LogP contribution is -2.27. The molecule has 1 aliphatic rings. The highest BCUT2D eigenvalue weighted by atomic mass is 35.5. The first-order chi connectivity index (χ1) is 14.3. The Morgan fingerprint density at radius 2 is 1.90 bits per heavy atom. The Labute approximate surface area is 180 Å². The summed E-state index contributed by atoms with van der Waals surface area (Å²) in [7, 11) is -3.61. The van der Waals surface area contributed by atoms with E-state index in [-0.39, 0.29) is 22.2 Å². The van der Waals surface area contributed by atoms with Crippen molar-refractivity contribution in [2.75, 3.05) is 18.4 Å². The van der Waals surface area contributed by atoms with Gasteiger partial charge in [0.15, 0.2) is 0 Å². The third-order valence-corrected chi connectivity index (χ3v) is 7.92. The summed E-state index contributed by atoms with van der Waals surface area (Å²) < 4.78 is 42.5. The first kappa shape index (κ1) is 21.0. The maximum absolute atomic E-state index is 13.9. The molecule has 1 saturated heterocycles. The molecule has 3 aromatic rings. The molecular formula is C19H17ClFN3O4S2. The molecule has 1 aromatic heterocycles.